The number of aryl methyl sites for hydroxylation is 1. The van der Waals surface area contributed by atoms with Gasteiger partial charge in [-0.3, -0.25) is 29.0 Å². The third kappa shape index (κ3) is 22.2. The molecule has 0 saturated carbocycles. The Balaban J connectivity index is 0.657. The number of carbonyl (C=O) groups is 4. The largest absolute Gasteiger partial charge is 0.501 e. The van der Waals surface area contributed by atoms with Gasteiger partial charge in [0.1, 0.15) is 10.9 Å². The summed E-state index contributed by atoms with van der Waals surface area (Å²) in [6.45, 7) is 21.1. The molecule has 10 rings (SSSR count). The maximum atomic E-state index is 14.3. The first-order valence-electron chi connectivity index (χ1n) is 37.4. The Hall–Kier alpha value is -6.92. The fraction of sp³-hybridized carbons (Fsp3) is 0.512. The van der Waals surface area contributed by atoms with E-state index in [-0.39, 0.29) is 47.7 Å². The van der Waals surface area contributed by atoms with Gasteiger partial charge in [0.15, 0.2) is 0 Å². The molecule has 6 atom stereocenters. The number of hydrogen-bond acceptors (Lipinski definition) is 18. The van der Waals surface area contributed by atoms with Crippen LogP contribution in [0.25, 0.3) is 16.0 Å². The summed E-state index contributed by atoms with van der Waals surface area (Å²) in [4.78, 5) is 72.2. The number of aliphatic hydroxyl groups is 1. The van der Waals surface area contributed by atoms with E-state index in [0.29, 0.717) is 69.0 Å². The molecule has 586 valence electrons. The van der Waals surface area contributed by atoms with E-state index in [9.17, 15) is 54.3 Å². The van der Waals surface area contributed by atoms with E-state index < -0.39 is 76.4 Å². The van der Waals surface area contributed by atoms with E-state index in [1.54, 1.807) is 28.4 Å². The van der Waals surface area contributed by atoms with Crippen molar-refractivity contribution in [3.05, 3.63) is 160 Å². The van der Waals surface area contributed by atoms with Gasteiger partial charge in [-0.1, -0.05) is 119 Å². The second-order valence-corrected chi connectivity index (χ2v) is 36.9. The molecule has 4 aliphatic rings. The van der Waals surface area contributed by atoms with Crippen LogP contribution in [-0.2, 0) is 34.2 Å². The lowest BCUT2D eigenvalue weighted by molar-refractivity contribution is -0.142. The van der Waals surface area contributed by atoms with E-state index in [2.05, 4.69) is 54.7 Å². The average molecular weight is 1590 g/mol. The van der Waals surface area contributed by atoms with Gasteiger partial charge in [0.2, 0.25) is 17.7 Å². The van der Waals surface area contributed by atoms with Crippen molar-refractivity contribution in [3.8, 4) is 10.4 Å². The maximum absolute atomic E-state index is 14.3. The Morgan fingerprint density at radius 2 is 1.47 bits per heavy atom. The molecule has 0 radical (unpaired) electrons. The van der Waals surface area contributed by atoms with Gasteiger partial charge in [0.05, 0.1) is 44.9 Å². The fourth-order valence-corrected chi connectivity index (χ4v) is 18.9. The number of sulfonamides is 1. The molecular weight excluding hydrogens is 1480 g/mol. The highest BCUT2D eigenvalue weighted by Gasteiger charge is 2.49. The van der Waals surface area contributed by atoms with Crippen LogP contribution in [-0.4, -0.2) is 210 Å². The lowest BCUT2D eigenvalue weighted by Gasteiger charge is -2.44. The number of halogens is 4. The topological polar surface area (TPSA) is 237 Å². The highest BCUT2D eigenvalue weighted by Crippen LogP contribution is 2.45. The molecule has 1 unspecified atom stereocenters. The highest BCUT2D eigenvalue weighted by atomic mass is 35.5. The minimum atomic E-state index is -6.08. The monoisotopic (exact) mass is 1580 g/mol. The maximum Gasteiger partial charge on any atom is 0.501 e. The number of hydrogen-bond donors (Lipinski definition) is 5. The van der Waals surface area contributed by atoms with Crippen molar-refractivity contribution in [2.24, 2.45) is 10.8 Å². The number of β-amino-alcohol motifs (C(OH)–C–C–N with tert-alkyl or cyclic N) is 1. The minimum Gasteiger partial charge on any atom is -0.391 e. The van der Waals surface area contributed by atoms with E-state index in [1.807, 2.05) is 135 Å². The summed E-state index contributed by atoms with van der Waals surface area (Å²) in [7, 11) is -7.31. The summed E-state index contributed by atoms with van der Waals surface area (Å²) in [5, 5.41) is 21.0. The summed E-state index contributed by atoms with van der Waals surface area (Å²) in [5.74, 6) is -0.977. The van der Waals surface area contributed by atoms with Gasteiger partial charge in [-0.15, -0.1) is 23.1 Å². The molecule has 5 N–H and O–H groups in total. The fourth-order valence-electron chi connectivity index (χ4n) is 14.9. The van der Waals surface area contributed by atoms with Gasteiger partial charge in [0, 0.05) is 118 Å². The normalized spacial score (nSPS) is 19.5. The predicted molar refractivity (Wildman–Crippen MR) is 424 cm³/mol. The number of alkyl halides is 3. The van der Waals surface area contributed by atoms with Crippen molar-refractivity contribution in [2.75, 3.05) is 115 Å². The number of benzene rings is 5. The Morgan fingerprint density at radius 1 is 0.815 bits per heavy atom. The summed E-state index contributed by atoms with van der Waals surface area (Å²) in [6, 6.07) is 32.1. The number of rotatable bonds is 32. The molecule has 6 aromatic rings. The molecule has 3 aliphatic heterocycles. The van der Waals surface area contributed by atoms with Crippen molar-refractivity contribution in [1.82, 2.24) is 44.8 Å². The predicted octanol–water partition coefficient (Wildman–Crippen LogP) is 12.8. The van der Waals surface area contributed by atoms with Crippen molar-refractivity contribution >= 4 is 95.1 Å². The first kappa shape index (κ1) is 83.5. The zero-order valence-corrected chi connectivity index (χ0v) is 67.2. The Morgan fingerprint density at radius 3 is 2.12 bits per heavy atom. The molecular formula is C80H105ClF3N11O9S4. The van der Waals surface area contributed by atoms with Gasteiger partial charge in [-0.05, 0) is 179 Å². The zero-order valence-electron chi connectivity index (χ0n) is 63.2. The van der Waals surface area contributed by atoms with E-state index in [4.69, 9.17) is 11.6 Å². The van der Waals surface area contributed by atoms with Gasteiger partial charge in [0.25, 0.3) is 25.8 Å². The lowest BCUT2D eigenvalue weighted by atomic mass is 9.71. The molecule has 3 saturated heterocycles. The molecule has 4 amide bonds. The third-order valence-corrected chi connectivity index (χ3v) is 26.3. The van der Waals surface area contributed by atoms with Crippen LogP contribution in [0.2, 0.25) is 5.02 Å². The highest BCUT2D eigenvalue weighted by molar-refractivity contribution is 7.99. The molecule has 4 heterocycles. The number of nitrogens with one attached hydrogen (secondary N) is 4. The van der Waals surface area contributed by atoms with Crippen LogP contribution in [0.1, 0.15) is 138 Å². The minimum absolute atomic E-state index is 0.00299. The van der Waals surface area contributed by atoms with Crippen LogP contribution in [0.15, 0.2) is 147 Å². The molecule has 1 aliphatic carbocycles. The number of amides is 4. The number of sulfone groups is 1. The Kier molecular flexibility index (Phi) is 28.6. The number of anilines is 2. The summed E-state index contributed by atoms with van der Waals surface area (Å²) in [5.41, 5.74) is 2.84. The smallest absolute Gasteiger partial charge is 0.391 e. The number of unbranched alkanes of at least 4 members (excludes halogenated alkanes) is 4. The Labute approximate surface area is 649 Å². The first-order valence-corrected chi connectivity index (χ1v) is 42.6. The lowest BCUT2D eigenvalue weighted by Crippen LogP contribution is -2.56. The molecule has 0 bridgehead atoms. The van der Waals surface area contributed by atoms with Crippen molar-refractivity contribution in [2.45, 2.75) is 163 Å². The van der Waals surface area contributed by atoms with Crippen LogP contribution < -0.4 is 25.6 Å². The molecule has 3 fully saturated rings. The molecule has 5 aromatic carbocycles. The second kappa shape index (κ2) is 36.9. The van der Waals surface area contributed by atoms with Crippen LogP contribution in [0, 0.1) is 17.8 Å². The SMILES string of the molecule is Cc1ncsc1-c1ccc([C@H](C)NC(=O)[C@@H]2C[C@@H](O)CN2C(=O)[C@@H](NCCCCCCCC(=O)N2CCN(CC3(C)CCC(c4ccc(Cl)cc4)=C(CN4CCN(c5ccc(C(=O)NS(=O)(=O)c6ccc(N[C@H](CCN(C)C)CSc7ccccc7)c(S(=O)(=O)C(F)(F)F)c6)cc5)CC4)C3)CC2)C(C)(C)C)cc1. The molecule has 0 spiro atoms. The van der Waals surface area contributed by atoms with Crippen molar-refractivity contribution < 1.29 is 54.3 Å². The number of nitrogens with zero attached hydrogens (tertiary/aromatic N) is 7. The number of piperazine rings is 2. The number of allylic oxidation sites excluding steroid dienone is 1. The number of thiazole rings is 1. The summed E-state index contributed by atoms with van der Waals surface area (Å²) >= 11 is 9.42. The van der Waals surface area contributed by atoms with Crippen molar-refractivity contribution in [1.29, 1.82) is 0 Å². The zero-order chi connectivity index (χ0) is 77.7. The Bertz CT molecular complexity index is 4310. The number of aromatic nitrogens is 1. The molecule has 20 nitrogen and oxygen atoms in total. The number of thioether (sulfide) groups is 1. The second-order valence-electron chi connectivity index (χ2n) is 30.9. The summed E-state index contributed by atoms with van der Waals surface area (Å²) in [6.07, 6.45) is 7.63. The molecule has 28 heteroatoms. The standard InChI is InChI=1S/C80H105ClF3N11O9S4/c1-55(57-20-22-59(23-21-57)73-56(2)86-54-106-73)87-76(99)70-47-65(96)51-95(70)77(100)74(78(3,4)5)85-37-16-11-9-10-15-19-72(97)94-45-41-92(42-46-94)53-79(6)36-34-68(58-24-28-62(81)29-25-58)61(49-79)50-91-39-43-93(44-40-91)64-30-26-60(27-31-64)75(98)89-108(103,104)67-32-33-69(71(48-67)107(101,102)80(82,83)84)88-63(35-38-90(7)8)52-105-66-17-13-12-14-18-66/h12-14,17-18,20-33,48,54-55,63,65,70,74,85,88,96H,9-11,15-16,19,34-47,49-53H2,1-8H3,(H,87,99)(H,89,98)/t55-,63+,65+,70-,74+,79?/m0/s1. The number of carbonyl (C=O) groups excluding carboxylic acids is 4. The van der Waals surface area contributed by atoms with Crippen LogP contribution in [0.3, 0.4) is 0 Å². The van der Waals surface area contributed by atoms with Crippen molar-refractivity contribution in [3.63, 3.8) is 0 Å². The number of likely N-dealkylation sites (tertiary alicyclic amines) is 1. The van der Waals surface area contributed by atoms with Gasteiger partial charge in [-0.2, -0.15) is 13.2 Å². The van der Waals surface area contributed by atoms with Gasteiger partial charge in [-0.25, -0.2) is 26.5 Å². The average Bonchev–Trinajstić information content (AvgIpc) is 0.970. The van der Waals surface area contributed by atoms with E-state index >= 15 is 0 Å². The molecule has 108 heavy (non-hydrogen) atoms. The molecule has 1 aromatic heterocycles. The van der Waals surface area contributed by atoms with Crippen LogP contribution in [0.4, 0.5) is 24.5 Å². The third-order valence-electron chi connectivity index (χ3n) is 21.1. The van der Waals surface area contributed by atoms with Crippen LogP contribution in [0.5, 0.6) is 0 Å². The first-order chi connectivity index (χ1) is 51.2. The van der Waals surface area contributed by atoms with E-state index in [1.165, 1.54) is 40.6 Å². The van der Waals surface area contributed by atoms with Crippen LogP contribution >= 0.6 is 34.7 Å². The van der Waals surface area contributed by atoms with Gasteiger partial charge >= 0.3 is 5.51 Å². The summed E-state index contributed by atoms with van der Waals surface area (Å²) < 4.78 is 98.5. The number of aliphatic hydroxyl groups excluding tert-OH is 1. The van der Waals surface area contributed by atoms with Gasteiger partial charge < -0.3 is 40.7 Å². The quantitative estimate of drug-likeness (QED) is 0.0195. The van der Waals surface area contributed by atoms with E-state index in [0.717, 1.165) is 135 Å².